The molecule has 0 bridgehead atoms. The van der Waals surface area contributed by atoms with Crippen molar-refractivity contribution in [1.29, 1.82) is 0 Å². The van der Waals surface area contributed by atoms with Crippen LogP contribution >= 0.6 is 0 Å². The van der Waals surface area contributed by atoms with E-state index in [4.69, 9.17) is 29.4 Å². The molecule has 36 heavy (non-hydrogen) atoms. The Bertz CT molecular complexity index is 1170. The van der Waals surface area contributed by atoms with Crippen molar-refractivity contribution < 1.29 is 33.3 Å². The molecule has 3 aliphatic rings. The minimum absolute atomic E-state index is 0.0392. The number of esters is 2. The molecule has 0 spiro atoms. The summed E-state index contributed by atoms with van der Waals surface area (Å²) in [4.78, 5) is 25.9. The molecule has 190 valence electrons. The number of benzene rings is 2. The number of ether oxygens (including phenoxy) is 5. The van der Waals surface area contributed by atoms with E-state index in [-0.39, 0.29) is 23.8 Å². The molecule has 0 amide bonds. The third kappa shape index (κ3) is 5.42. The molecule has 2 aliphatic carbocycles. The van der Waals surface area contributed by atoms with E-state index >= 15 is 0 Å². The number of carbonyl (C=O) groups excluding carboxylic acids is 2. The summed E-state index contributed by atoms with van der Waals surface area (Å²) >= 11 is 0. The number of hydrogen-bond donors (Lipinski definition) is 1. The molecule has 0 aromatic heterocycles. The predicted octanol–water partition coefficient (Wildman–Crippen LogP) is 4.31. The number of hydrogen-bond acceptors (Lipinski definition) is 8. The first-order chi connectivity index (χ1) is 17.4. The van der Waals surface area contributed by atoms with Gasteiger partial charge in [-0.3, -0.25) is 4.79 Å². The Labute approximate surface area is 210 Å². The van der Waals surface area contributed by atoms with Gasteiger partial charge in [0.2, 0.25) is 5.88 Å². The van der Waals surface area contributed by atoms with Crippen molar-refractivity contribution in [2.75, 3.05) is 27.4 Å². The third-order valence-corrected chi connectivity index (χ3v) is 6.82. The van der Waals surface area contributed by atoms with Crippen LogP contribution < -0.4 is 19.9 Å². The molecule has 1 aliphatic heterocycles. The van der Waals surface area contributed by atoms with Gasteiger partial charge in [0.05, 0.1) is 33.9 Å². The zero-order chi connectivity index (χ0) is 25.2. The monoisotopic (exact) mass is 493 g/mol. The molecule has 2 aromatic rings. The first-order valence-corrected chi connectivity index (χ1v) is 12.3. The molecule has 0 radical (unpaired) electrons. The van der Waals surface area contributed by atoms with Gasteiger partial charge < -0.3 is 29.4 Å². The van der Waals surface area contributed by atoms with Crippen LogP contribution in [0.25, 0.3) is 11.1 Å². The number of fused-ring (bicyclic) bond motifs is 1. The topological polar surface area (TPSA) is 106 Å². The molecule has 2 aromatic carbocycles. The number of carbonyl (C=O) groups is 2. The van der Waals surface area contributed by atoms with Gasteiger partial charge in [-0.15, -0.1) is 0 Å². The van der Waals surface area contributed by atoms with E-state index in [0.717, 1.165) is 36.8 Å². The minimum Gasteiger partial charge on any atom is -0.497 e. The Kier molecular flexibility index (Phi) is 6.76. The highest BCUT2D eigenvalue weighted by Crippen LogP contribution is 2.44. The lowest BCUT2D eigenvalue weighted by Crippen LogP contribution is -2.29. The summed E-state index contributed by atoms with van der Waals surface area (Å²) in [6.45, 7) is 0.740. The van der Waals surface area contributed by atoms with Crippen LogP contribution in [0.4, 0.5) is 0 Å². The molecule has 2 saturated carbocycles. The third-order valence-electron chi connectivity index (χ3n) is 6.82. The minimum atomic E-state index is -0.653. The Morgan fingerprint density at radius 1 is 0.889 bits per heavy atom. The molecule has 1 atom stereocenters. The SMILES string of the molecule is COc1cc(OC)cc(-c2ccc3c(c2)C(CC(=O)OCC2CC2)C(C(=O)OCC2CC2)=C(N)O3)c1. The molecule has 8 heteroatoms. The Morgan fingerprint density at radius 2 is 1.53 bits per heavy atom. The normalized spacial score (nSPS) is 18.7. The van der Waals surface area contributed by atoms with E-state index < -0.39 is 11.9 Å². The van der Waals surface area contributed by atoms with Crippen LogP contribution in [-0.4, -0.2) is 39.4 Å². The van der Waals surface area contributed by atoms with Crippen LogP contribution in [-0.2, 0) is 19.1 Å². The first-order valence-electron chi connectivity index (χ1n) is 12.3. The summed E-state index contributed by atoms with van der Waals surface area (Å²) in [7, 11) is 3.19. The molecular formula is C28H31NO7. The van der Waals surface area contributed by atoms with Gasteiger partial charge in [-0.25, -0.2) is 4.79 Å². The van der Waals surface area contributed by atoms with Crippen LogP contribution in [0.5, 0.6) is 17.2 Å². The molecular weight excluding hydrogens is 462 g/mol. The highest BCUT2D eigenvalue weighted by molar-refractivity contribution is 5.93. The summed E-state index contributed by atoms with van der Waals surface area (Å²) in [6.07, 6.45) is 4.21. The van der Waals surface area contributed by atoms with Crippen molar-refractivity contribution in [2.24, 2.45) is 17.6 Å². The zero-order valence-corrected chi connectivity index (χ0v) is 20.6. The fourth-order valence-corrected chi connectivity index (χ4v) is 4.30. The second-order valence-electron chi connectivity index (χ2n) is 9.66. The van der Waals surface area contributed by atoms with Crippen molar-refractivity contribution in [3.63, 3.8) is 0 Å². The lowest BCUT2D eigenvalue weighted by Gasteiger charge is -2.28. The molecule has 1 unspecified atom stereocenters. The smallest absolute Gasteiger partial charge is 0.340 e. The Balaban J connectivity index is 1.49. The van der Waals surface area contributed by atoms with E-state index in [1.807, 2.05) is 24.3 Å². The van der Waals surface area contributed by atoms with Crippen molar-refractivity contribution in [1.82, 2.24) is 0 Å². The van der Waals surface area contributed by atoms with Crippen LogP contribution in [0.1, 0.15) is 43.6 Å². The average molecular weight is 494 g/mol. The molecule has 2 fully saturated rings. The molecule has 2 N–H and O–H groups in total. The summed E-state index contributed by atoms with van der Waals surface area (Å²) in [6, 6.07) is 11.2. The maximum Gasteiger partial charge on any atom is 0.340 e. The zero-order valence-electron chi connectivity index (χ0n) is 20.6. The fraction of sp³-hybridized carbons (Fsp3) is 0.429. The van der Waals surface area contributed by atoms with E-state index in [1.54, 1.807) is 26.4 Å². The number of rotatable bonds is 10. The second kappa shape index (κ2) is 10.1. The lowest BCUT2D eigenvalue weighted by molar-refractivity contribution is -0.144. The Hall–Kier alpha value is -3.68. The van der Waals surface area contributed by atoms with Gasteiger partial charge in [0, 0.05) is 17.5 Å². The highest BCUT2D eigenvalue weighted by atomic mass is 16.5. The fourth-order valence-electron chi connectivity index (χ4n) is 4.30. The van der Waals surface area contributed by atoms with E-state index in [0.29, 0.717) is 47.9 Å². The second-order valence-corrected chi connectivity index (χ2v) is 9.66. The largest absolute Gasteiger partial charge is 0.497 e. The summed E-state index contributed by atoms with van der Waals surface area (Å²) < 4.78 is 27.7. The molecule has 1 heterocycles. The van der Waals surface area contributed by atoms with Gasteiger partial charge in [0.25, 0.3) is 0 Å². The van der Waals surface area contributed by atoms with Crippen LogP contribution in [0, 0.1) is 11.8 Å². The molecule has 0 saturated heterocycles. The maximum atomic E-state index is 13.1. The summed E-state index contributed by atoms with van der Waals surface area (Å²) in [5.74, 6) is 0.980. The number of nitrogens with two attached hydrogens (primary N) is 1. The predicted molar refractivity (Wildman–Crippen MR) is 132 cm³/mol. The van der Waals surface area contributed by atoms with Gasteiger partial charge in [-0.2, -0.15) is 0 Å². The van der Waals surface area contributed by atoms with Crippen molar-refractivity contribution in [3.05, 3.63) is 53.4 Å². The van der Waals surface area contributed by atoms with Crippen molar-refractivity contribution in [2.45, 2.75) is 38.0 Å². The number of methoxy groups -OCH3 is 2. The highest BCUT2D eigenvalue weighted by Gasteiger charge is 2.37. The summed E-state index contributed by atoms with van der Waals surface area (Å²) in [5.41, 5.74) is 8.74. The van der Waals surface area contributed by atoms with Gasteiger partial charge in [0.15, 0.2) is 0 Å². The standard InChI is InChI=1S/C28H31NO7/c1-32-20-9-19(10-21(12-20)33-2)18-7-8-24-22(11-18)23(13-25(30)34-14-16-3-4-16)26(27(29)36-24)28(31)35-15-17-5-6-17/h7-12,16-17,23H,3-6,13-15,29H2,1-2H3. The summed E-state index contributed by atoms with van der Waals surface area (Å²) in [5, 5.41) is 0. The van der Waals surface area contributed by atoms with E-state index in [1.165, 1.54) is 0 Å². The van der Waals surface area contributed by atoms with Gasteiger partial charge in [0.1, 0.15) is 22.8 Å². The molecule has 5 rings (SSSR count). The van der Waals surface area contributed by atoms with Gasteiger partial charge in [-0.1, -0.05) is 6.07 Å². The van der Waals surface area contributed by atoms with Crippen LogP contribution in [0.15, 0.2) is 47.9 Å². The Morgan fingerprint density at radius 3 is 2.14 bits per heavy atom. The quantitative estimate of drug-likeness (QED) is 0.488. The molecule has 8 nitrogen and oxygen atoms in total. The van der Waals surface area contributed by atoms with E-state index in [2.05, 4.69) is 0 Å². The van der Waals surface area contributed by atoms with Crippen LogP contribution in [0.2, 0.25) is 0 Å². The average Bonchev–Trinajstić information content (AvgIpc) is 3.81. The maximum absolute atomic E-state index is 13.1. The van der Waals surface area contributed by atoms with Gasteiger partial charge in [-0.05, 0) is 72.9 Å². The first kappa shape index (κ1) is 24.0. The van der Waals surface area contributed by atoms with Crippen molar-refractivity contribution in [3.8, 4) is 28.4 Å². The van der Waals surface area contributed by atoms with Crippen molar-refractivity contribution >= 4 is 11.9 Å². The van der Waals surface area contributed by atoms with Gasteiger partial charge >= 0.3 is 11.9 Å². The van der Waals surface area contributed by atoms with E-state index in [9.17, 15) is 9.59 Å². The lowest BCUT2D eigenvalue weighted by atomic mass is 9.84. The van der Waals surface area contributed by atoms with Crippen LogP contribution in [0.3, 0.4) is 0 Å².